The lowest BCUT2D eigenvalue weighted by Gasteiger charge is -2.15. The fourth-order valence-corrected chi connectivity index (χ4v) is 3.67. The molecule has 0 aliphatic rings. The number of rotatable bonds is 11. The van der Waals surface area contributed by atoms with Crippen LogP contribution >= 0.6 is 11.3 Å². The van der Waals surface area contributed by atoms with Gasteiger partial charge in [-0.05, 0) is 43.5 Å². The molecule has 0 radical (unpaired) electrons. The number of halogens is 1. The quantitative estimate of drug-likeness (QED) is 0.265. The number of amides is 3. The van der Waals surface area contributed by atoms with Crippen molar-refractivity contribution in [3.63, 3.8) is 0 Å². The molecule has 13 heteroatoms. The van der Waals surface area contributed by atoms with Crippen molar-refractivity contribution < 1.29 is 43.7 Å². The molecule has 0 fully saturated rings. The smallest absolute Gasteiger partial charge is 0.339 e. The number of hydrogen-bond donors (Lipinski definition) is 6. The molecule has 0 spiro atoms. The van der Waals surface area contributed by atoms with Crippen molar-refractivity contribution in [2.45, 2.75) is 25.3 Å². The number of thiophene rings is 1. The highest BCUT2D eigenvalue weighted by Crippen LogP contribution is 2.28. The molecule has 1 atom stereocenters. The highest BCUT2D eigenvalue weighted by atomic mass is 32.1. The summed E-state index contributed by atoms with van der Waals surface area (Å²) in [5.41, 5.74) is -0.829. The second-order valence-electron chi connectivity index (χ2n) is 6.71. The number of hydrogen-bond acceptors (Lipinski definition) is 6. The van der Waals surface area contributed by atoms with Gasteiger partial charge >= 0.3 is 23.9 Å². The highest BCUT2D eigenvalue weighted by molar-refractivity contribution is 7.15. The fourth-order valence-electron chi connectivity index (χ4n) is 2.75. The summed E-state index contributed by atoms with van der Waals surface area (Å²) in [5, 5.41) is 35.3. The van der Waals surface area contributed by atoms with E-state index in [9.17, 15) is 38.6 Å². The molecule has 0 saturated carbocycles. The van der Waals surface area contributed by atoms with Crippen LogP contribution in [0.1, 0.15) is 50.3 Å². The zero-order valence-corrected chi connectivity index (χ0v) is 17.8. The molecule has 1 heterocycles. The number of carbonyl (C=O) groups is 5. The average molecular weight is 481 g/mol. The molecule has 1 aromatic carbocycles. The largest absolute Gasteiger partial charge is 0.480 e. The van der Waals surface area contributed by atoms with Gasteiger partial charge in [-0.25, -0.2) is 23.6 Å². The van der Waals surface area contributed by atoms with E-state index in [1.807, 2.05) is 0 Å². The topological polar surface area (TPSA) is 182 Å². The van der Waals surface area contributed by atoms with Crippen molar-refractivity contribution in [2.24, 2.45) is 0 Å². The summed E-state index contributed by atoms with van der Waals surface area (Å²) in [6.07, 6.45) is 0.741. The van der Waals surface area contributed by atoms with Crippen LogP contribution < -0.4 is 16.0 Å². The molecule has 0 aliphatic carbocycles. The lowest BCUT2D eigenvalue weighted by molar-refractivity contribution is -0.139. The summed E-state index contributed by atoms with van der Waals surface area (Å²) >= 11 is 0.681. The molecule has 3 amide bonds. The molecule has 0 bridgehead atoms. The van der Waals surface area contributed by atoms with Gasteiger partial charge in [-0.3, -0.25) is 10.1 Å². The first-order valence-corrected chi connectivity index (χ1v) is 10.4. The number of aromatic carboxylic acids is 2. The monoisotopic (exact) mass is 481 g/mol. The van der Waals surface area contributed by atoms with Crippen molar-refractivity contribution in [3.05, 3.63) is 52.2 Å². The molecule has 33 heavy (non-hydrogen) atoms. The van der Waals surface area contributed by atoms with Gasteiger partial charge in [-0.1, -0.05) is 0 Å². The minimum absolute atomic E-state index is 0.0196. The predicted octanol–water partition coefficient (Wildman–Crippen LogP) is 2.46. The van der Waals surface area contributed by atoms with Gasteiger partial charge in [-0.2, -0.15) is 0 Å². The van der Waals surface area contributed by atoms with Crippen LogP contribution in [0, 0.1) is 5.82 Å². The second-order valence-corrected chi connectivity index (χ2v) is 7.59. The van der Waals surface area contributed by atoms with Crippen molar-refractivity contribution >= 4 is 46.2 Å². The highest BCUT2D eigenvalue weighted by Gasteiger charge is 2.25. The molecule has 176 valence electrons. The van der Waals surface area contributed by atoms with Gasteiger partial charge < -0.3 is 26.0 Å². The third-order valence-electron chi connectivity index (χ3n) is 4.38. The number of benzene rings is 1. The van der Waals surface area contributed by atoms with Gasteiger partial charge in [0.05, 0.1) is 5.56 Å². The molecule has 0 saturated heterocycles. The van der Waals surface area contributed by atoms with E-state index in [0.29, 0.717) is 24.2 Å². The zero-order chi connectivity index (χ0) is 24.5. The van der Waals surface area contributed by atoms with Gasteiger partial charge in [0.25, 0.3) is 5.91 Å². The summed E-state index contributed by atoms with van der Waals surface area (Å²) in [6, 6.07) is 2.66. The van der Waals surface area contributed by atoms with E-state index in [1.165, 1.54) is 12.1 Å². The van der Waals surface area contributed by atoms with Gasteiger partial charge in [0.15, 0.2) is 0 Å². The Morgan fingerprint density at radius 2 is 1.64 bits per heavy atom. The third kappa shape index (κ3) is 7.28. The molecule has 2 aromatic rings. The summed E-state index contributed by atoms with van der Waals surface area (Å²) in [5.74, 6) is -5.23. The predicted molar refractivity (Wildman–Crippen MR) is 114 cm³/mol. The van der Waals surface area contributed by atoms with Gasteiger partial charge in [-0.15, -0.1) is 11.3 Å². The van der Waals surface area contributed by atoms with E-state index in [1.54, 1.807) is 0 Å². The van der Waals surface area contributed by atoms with Crippen LogP contribution in [0.3, 0.4) is 0 Å². The fraction of sp³-hybridized carbons (Fsp3) is 0.250. The molecule has 0 unspecified atom stereocenters. The normalized spacial score (nSPS) is 11.3. The summed E-state index contributed by atoms with van der Waals surface area (Å²) in [6.45, 7) is 0.226. The Kier molecular flexibility index (Phi) is 8.86. The van der Waals surface area contributed by atoms with Crippen LogP contribution in [-0.2, 0) is 4.79 Å². The first-order chi connectivity index (χ1) is 15.6. The number of unbranched alkanes of at least 4 members (excludes halogenated alkanes) is 1. The Morgan fingerprint density at radius 1 is 0.970 bits per heavy atom. The summed E-state index contributed by atoms with van der Waals surface area (Å²) in [7, 11) is 0. The van der Waals surface area contributed by atoms with Crippen molar-refractivity contribution in [1.82, 2.24) is 10.6 Å². The number of urea groups is 1. The maximum Gasteiger partial charge on any atom is 0.339 e. The SMILES string of the molecule is O=C(Nc1scc(C(=O)O)c1C(=O)O)N[C@@H](CCCCNC(=O)c1ccc(F)cc1)C(=O)O. The molecule has 1 aromatic heterocycles. The standard InChI is InChI=1S/C20H20FN3O8S/c21-11-6-4-10(5-7-11)15(25)22-8-2-1-3-13(18(28)29)23-20(32)24-16-14(19(30)31)12(9-33-16)17(26)27/h4-7,9,13H,1-3,8H2,(H,22,25)(H,26,27)(H,28,29)(H,30,31)(H2,23,24,32)/t13-/m0/s1. The minimum Gasteiger partial charge on any atom is -0.480 e. The lowest BCUT2D eigenvalue weighted by Crippen LogP contribution is -2.43. The Bertz CT molecular complexity index is 1050. The molecule has 2 rings (SSSR count). The first kappa shape index (κ1) is 25.3. The van der Waals surface area contributed by atoms with Crippen LogP contribution in [0.15, 0.2) is 29.6 Å². The number of carboxylic acids is 3. The van der Waals surface area contributed by atoms with E-state index >= 15 is 0 Å². The van der Waals surface area contributed by atoms with Crippen LogP contribution in [0.25, 0.3) is 0 Å². The van der Waals surface area contributed by atoms with Gasteiger partial charge in [0.1, 0.15) is 22.4 Å². The Balaban J connectivity index is 1.83. The number of anilines is 1. The number of nitrogens with one attached hydrogen (secondary N) is 3. The molecular formula is C20H20FN3O8S. The minimum atomic E-state index is -1.55. The van der Waals surface area contributed by atoms with Crippen LogP contribution in [0.2, 0.25) is 0 Å². The van der Waals surface area contributed by atoms with E-state index in [4.69, 9.17) is 5.11 Å². The lowest BCUT2D eigenvalue weighted by atomic mass is 10.1. The van der Waals surface area contributed by atoms with Gasteiger partial charge in [0.2, 0.25) is 0 Å². The van der Waals surface area contributed by atoms with Crippen LogP contribution in [-0.4, -0.2) is 57.8 Å². The molecular weight excluding hydrogens is 461 g/mol. The number of carbonyl (C=O) groups excluding carboxylic acids is 2. The Morgan fingerprint density at radius 3 is 2.21 bits per heavy atom. The van der Waals surface area contributed by atoms with Crippen LogP contribution in [0.5, 0.6) is 0 Å². The van der Waals surface area contributed by atoms with Crippen molar-refractivity contribution in [3.8, 4) is 0 Å². The average Bonchev–Trinajstić information content (AvgIpc) is 3.16. The van der Waals surface area contributed by atoms with E-state index in [2.05, 4.69) is 16.0 Å². The maximum atomic E-state index is 12.9. The third-order valence-corrected chi connectivity index (χ3v) is 5.27. The van der Waals surface area contributed by atoms with E-state index < -0.39 is 52.8 Å². The van der Waals surface area contributed by atoms with E-state index in [0.717, 1.165) is 17.5 Å². The zero-order valence-electron chi connectivity index (χ0n) is 17.0. The Labute approximate surface area is 190 Å². The second kappa shape index (κ2) is 11.6. The number of aliphatic carboxylic acids is 1. The molecule has 11 nitrogen and oxygen atoms in total. The molecule has 0 aliphatic heterocycles. The molecule has 6 N–H and O–H groups in total. The first-order valence-electron chi connectivity index (χ1n) is 9.52. The summed E-state index contributed by atoms with van der Waals surface area (Å²) < 4.78 is 12.9. The maximum absolute atomic E-state index is 12.9. The summed E-state index contributed by atoms with van der Waals surface area (Å²) in [4.78, 5) is 57.9. The van der Waals surface area contributed by atoms with Crippen LogP contribution in [0.4, 0.5) is 14.2 Å². The number of carboxylic acid groups (broad SMARTS) is 3. The van der Waals surface area contributed by atoms with Gasteiger partial charge in [0, 0.05) is 17.5 Å². The van der Waals surface area contributed by atoms with Crippen molar-refractivity contribution in [1.29, 1.82) is 0 Å². The Hall–Kier alpha value is -4.00. The van der Waals surface area contributed by atoms with E-state index in [-0.39, 0.29) is 23.5 Å². The van der Waals surface area contributed by atoms with Crippen molar-refractivity contribution in [2.75, 3.05) is 11.9 Å².